The Bertz CT molecular complexity index is 438. The van der Waals surface area contributed by atoms with E-state index in [1.807, 2.05) is 6.07 Å². The number of pyridine rings is 1. The second-order valence-electron chi connectivity index (χ2n) is 5.36. The third kappa shape index (κ3) is 7.42. The first-order chi connectivity index (χ1) is 10.2. The molecule has 2 N–H and O–H groups in total. The second kappa shape index (κ2) is 10.8. The number of piperidine rings is 1. The van der Waals surface area contributed by atoms with E-state index in [1.54, 1.807) is 12.3 Å². The van der Waals surface area contributed by atoms with Crippen LogP contribution in [0.15, 0.2) is 22.9 Å². The lowest BCUT2D eigenvalue weighted by Gasteiger charge is -2.26. The number of amides is 2. The third-order valence-corrected chi connectivity index (χ3v) is 4.09. The molecule has 2 rings (SSSR count). The average molecular weight is 392 g/mol. The summed E-state index contributed by atoms with van der Waals surface area (Å²) in [5.74, 6) is 0. The van der Waals surface area contributed by atoms with E-state index in [2.05, 4.69) is 36.4 Å². The number of aromatic nitrogens is 1. The van der Waals surface area contributed by atoms with Gasteiger partial charge in [-0.2, -0.15) is 0 Å². The smallest absolute Gasteiger partial charge is 0.319 e. The van der Waals surface area contributed by atoms with Gasteiger partial charge in [0.05, 0.1) is 11.9 Å². The van der Waals surface area contributed by atoms with Crippen molar-refractivity contribution in [3.05, 3.63) is 22.9 Å². The minimum Gasteiger partial charge on any atom is -0.338 e. The first-order valence-electron chi connectivity index (χ1n) is 7.63. The minimum absolute atomic E-state index is 0. The predicted molar refractivity (Wildman–Crippen MR) is 95.7 cm³/mol. The minimum atomic E-state index is -0.169. The number of nitrogens with zero attached hydrogens (tertiary/aromatic N) is 2. The number of halogens is 2. The molecule has 0 radical (unpaired) electrons. The van der Waals surface area contributed by atoms with Crippen molar-refractivity contribution in [1.29, 1.82) is 0 Å². The molecule has 0 spiro atoms. The van der Waals surface area contributed by atoms with Gasteiger partial charge in [-0.05, 0) is 73.4 Å². The van der Waals surface area contributed by atoms with Crippen LogP contribution in [-0.4, -0.2) is 42.1 Å². The average Bonchev–Trinajstić information content (AvgIpc) is 2.50. The molecule has 1 fully saturated rings. The Hall–Kier alpha value is -0.850. The fraction of sp³-hybridized carbons (Fsp3) is 0.600. The van der Waals surface area contributed by atoms with E-state index >= 15 is 0 Å². The number of carbonyl (C=O) groups excluding carboxylic acids is 1. The number of carbonyl (C=O) groups is 1. The van der Waals surface area contributed by atoms with Crippen molar-refractivity contribution >= 4 is 40.1 Å². The van der Waals surface area contributed by atoms with Crippen molar-refractivity contribution in [3.8, 4) is 0 Å². The van der Waals surface area contributed by atoms with Crippen LogP contribution in [0.5, 0.6) is 0 Å². The normalized spacial score (nSPS) is 15.0. The predicted octanol–water partition coefficient (Wildman–Crippen LogP) is 3.65. The Balaban J connectivity index is 0.00000242. The van der Waals surface area contributed by atoms with Crippen LogP contribution in [0.2, 0.25) is 0 Å². The molecule has 1 aromatic heterocycles. The summed E-state index contributed by atoms with van der Waals surface area (Å²) in [7, 11) is 0. The number of anilines is 1. The van der Waals surface area contributed by atoms with E-state index in [1.165, 1.54) is 32.4 Å². The Kier molecular flexibility index (Phi) is 9.43. The maximum atomic E-state index is 11.7. The molecule has 0 unspecified atom stereocenters. The summed E-state index contributed by atoms with van der Waals surface area (Å²) >= 11 is 3.26. The lowest BCUT2D eigenvalue weighted by molar-refractivity contribution is 0.224. The molecule has 0 aliphatic carbocycles. The van der Waals surface area contributed by atoms with Gasteiger partial charge < -0.3 is 15.5 Å². The molecule has 1 aromatic rings. The summed E-state index contributed by atoms with van der Waals surface area (Å²) in [6, 6.07) is 3.44. The largest absolute Gasteiger partial charge is 0.338 e. The monoisotopic (exact) mass is 390 g/mol. The number of rotatable bonds is 6. The number of unbranched alkanes of at least 4 members (excludes halogenated alkanes) is 1. The number of hydrogen-bond acceptors (Lipinski definition) is 3. The molecule has 2 heterocycles. The third-order valence-electron chi connectivity index (χ3n) is 3.62. The van der Waals surface area contributed by atoms with Gasteiger partial charge in [-0.3, -0.25) is 0 Å². The molecule has 5 nitrogen and oxygen atoms in total. The second-order valence-corrected chi connectivity index (χ2v) is 6.17. The highest BCUT2D eigenvalue weighted by molar-refractivity contribution is 9.10. The lowest BCUT2D eigenvalue weighted by atomic mass is 10.1. The van der Waals surface area contributed by atoms with Crippen LogP contribution in [0.3, 0.4) is 0 Å². The van der Waals surface area contributed by atoms with Crippen LogP contribution in [-0.2, 0) is 0 Å². The Morgan fingerprint density at radius 2 is 2.00 bits per heavy atom. The van der Waals surface area contributed by atoms with Crippen LogP contribution in [0, 0.1) is 0 Å². The van der Waals surface area contributed by atoms with Gasteiger partial charge in [-0.1, -0.05) is 6.42 Å². The van der Waals surface area contributed by atoms with Crippen LogP contribution in [0.1, 0.15) is 32.1 Å². The zero-order chi connectivity index (χ0) is 14.9. The standard InChI is InChI=1S/C15H23BrN4O.ClH/c16-14-7-6-13(12-18-14)19-15(21)17-8-2-5-11-20-9-3-1-4-10-20;/h6-7,12H,1-5,8-11H2,(H2,17,19,21);1H. The maximum absolute atomic E-state index is 11.7. The van der Waals surface area contributed by atoms with Gasteiger partial charge >= 0.3 is 6.03 Å². The summed E-state index contributed by atoms with van der Waals surface area (Å²) in [4.78, 5) is 18.3. The SMILES string of the molecule is Cl.O=C(NCCCCN1CCCCC1)Nc1ccc(Br)nc1. The fourth-order valence-electron chi connectivity index (χ4n) is 2.47. The molecule has 124 valence electrons. The van der Waals surface area contributed by atoms with Crippen LogP contribution >= 0.6 is 28.3 Å². The van der Waals surface area contributed by atoms with Gasteiger partial charge in [-0.25, -0.2) is 9.78 Å². The number of urea groups is 1. The van der Waals surface area contributed by atoms with Crippen LogP contribution in [0.4, 0.5) is 10.5 Å². The van der Waals surface area contributed by atoms with Crippen molar-refractivity contribution in [1.82, 2.24) is 15.2 Å². The summed E-state index contributed by atoms with van der Waals surface area (Å²) in [5.41, 5.74) is 0.698. The van der Waals surface area contributed by atoms with Gasteiger partial charge in [0.1, 0.15) is 4.60 Å². The van der Waals surface area contributed by atoms with Crippen LogP contribution < -0.4 is 10.6 Å². The van der Waals surface area contributed by atoms with Crippen molar-refractivity contribution in [2.45, 2.75) is 32.1 Å². The quantitative estimate of drug-likeness (QED) is 0.575. The van der Waals surface area contributed by atoms with E-state index in [0.717, 1.165) is 24.0 Å². The van der Waals surface area contributed by atoms with Crippen molar-refractivity contribution in [3.63, 3.8) is 0 Å². The van der Waals surface area contributed by atoms with Gasteiger partial charge in [0, 0.05) is 6.54 Å². The summed E-state index contributed by atoms with van der Waals surface area (Å²) in [5, 5.41) is 5.64. The molecule has 0 atom stereocenters. The highest BCUT2D eigenvalue weighted by Gasteiger charge is 2.09. The van der Waals surface area contributed by atoms with Gasteiger partial charge in [-0.15, -0.1) is 12.4 Å². The highest BCUT2D eigenvalue weighted by Crippen LogP contribution is 2.10. The molecule has 22 heavy (non-hydrogen) atoms. The molecule has 0 saturated carbocycles. The van der Waals surface area contributed by atoms with E-state index < -0.39 is 0 Å². The molecular weight excluding hydrogens is 368 g/mol. The van der Waals surface area contributed by atoms with Crippen LogP contribution in [0.25, 0.3) is 0 Å². The fourth-order valence-corrected chi connectivity index (χ4v) is 2.70. The topological polar surface area (TPSA) is 57.3 Å². The maximum Gasteiger partial charge on any atom is 0.319 e. The zero-order valence-electron chi connectivity index (χ0n) is 12.7. The zero-order valence-corrected chi connectivity index (χ0v) is 15.1. The molecule has 0 aromatic carbocycles. The van der Waals surface area contributed by atoms with Crippen molar-refractivity contribution in [2.24, 2.45) is 0 Å². The van der Waals surface area contributed by atoms with Gasteiger partial charge in [0.2, 0.25) is 0 Å². The van der Waals surface area contributed by atoms with Crippen molar-refractivity contribution < 1.29 is 4.79 Å². The molecule has 7 heteroatoms. The van der Waals surface area contributed by atoms with Gasteiger partial charge in [0.25, 0.3) is 0 Å². The Morgan fingerprint density at radius 1 is 1.23 bits per heavy atom. The molecule has 1 aliphatic heterocycles. The lowest BCUT2D eigenvalue weighted by Crippen LogP contribution is -2.32. The summed E-state index contributed by atoms with van der Waals surface area (Å²) < 4.78 is 0.756. The van der Waals surface area contributed by atoms with Crippen molar-refractivity contribution in [2.75, 3.05) is 31.5 Å². The molecular formula is C15H24BrClN4O. The highest BCUT2D eigenvalue weighted by atomic mass is 79.9. The number of likely N-dealkylation sites (tertiary alicyclic amines) is 1. The number of nitrogens with one attached hydrogen (secondary N) is 2. The first kappa shape index (κ1) is 19.2. The summed E-state index contributed by atoms with van der Waals surface area (Å²) in [6.45, 7) is 4.35. The van der Waals surface area contributed by atoms with Gasteiger partial charge in [0.15, 0.2) is 0 Å². The van der Waals surface area contributed by atoms with E-state index in [4.69, 9.17) is 0 Å². The molecule has 2 amide bonds. The van der Waals surface area contributed by atoms with E-state index in [0.29, 0.717) is 12.2 Å². The summed E-state index contributed by atoms with van der Waals surface area (Å²) in [6.07, 6.45) is 7.83. The molecule has 1 aliphatic rings. The molecule has 1 saturated heterocycles. The Morgan fingerprint density at radius 3 is 2.68 bits per heavy atom. The van der Waals surface area contributed by atoms with E-state index in [-0.39, 0.29) is 18.4 Å². The van der Waals surface area contributed by atoms with E-state index in [9.17, 15) is 4.79 Å². The number of hydrogen-bond donors (Lipinski definition) is 2. The molecule has 0 bridgehead atoms. The first-order valence-corrected chi connectivity index (χ1v) is 8.42. The Labute approximate surface area is 146 Å².